The molecule has 3 aromatic carbocycles. The zero-order valence-electron chi connectivity index (χ0n) is 31.0. The molecule has 2 nitrogen and oxygen atoms in total. The molecule has 0 bridgehead atoms. The molecular weight excluding hydrogens is 617 g/mol. The van der Waals surface area contributed by atoms with Crippen LogP contribution in [0.3, 0.4) is 0 Å². The highest BCUT2D eigenvalue weighted by molar-refractivity contribution is 6.84. The third-order valence-electron chi connectivity index (χ3n) is 7.57. The van der Waals surface area contributed by atoms with Gasteiger partial charge in [0, 0.05) is 11.1 Å². The maximum absolute atomic E-state index is 5.96. The summed E-state index contributed by atoms with van der Waals surface area (Å²) in [6.45, 7) is 19.7. The number of hydrogen-bond acceptors (Lipinski definition) is 2. The molecular formula is C44H58O2Si2. The summed E-state index contributed by atoms with van der Waals surface area (Å²) >= 11 is 0. The van der Waals surface area contributed by atoms with Gasteiger partial charge in [-0.15, -0.1) is 11.1 Å². The van der Waals surface area contributed by atoms with E-state index in [9.17, 15) is 0 Å². The molecule has 0 fully saturated rings. The lowest BCUT2D eigenvalue weighted by atomic mass is 9.97. The van der Waals surface area contributed by atoms with Crippen LogP contribution in [-0.4, -0.2) is 29.4 Å². The van der Waals surface area contributed by atoms with E-state index in [-0.39, 0.29) is 0 Å². The summed E-state index contributed by atoms with van der Waals surface area (Å²) in [5.74, 6) is 8.98. The van der Waals surface area contributed by atoms with E-state index in [1.807, 2.05) is 0 Å². The second kappa shape index (κ2) is 20.0. The van der Waals surface area contributed by atoms with E-state index in [2.05, 4.69) is 161 Å². The van der Waals surface area contributed by atoms with Crippen molar-refractivity contribution in [3.8, 4) is 34.4 Å². The van der Waals surface area contributed by atoms with E-state index in [1.165, 1.54) is 38.5 Å². The molecule has 0 heterocycles. The standard InChI is InChI=1S/C44H58O2Si2/c1-9-11-13-15-31-45-43-25-19-37(20-26-43)17-23-39-35-42(30-34-48(6,7)8)40(36-41(39)29-33-47(3,4)5)24-18-38-21-27-44(28-22-38)46-32-16-14-12-10-2/h17-28,35-36H,9-16,31-32H2,1-8H3/b23-17+,24-18+. The third kappa shape index (κ3) is 15.5. The van der Waals surface area contributed by atoms with Crippen molar-refractivity contribution in [2.75, 3.05) is 13.2 Å². The predicted molar refractivity (Wildman–Crippen MR) is 217 cm³/mol. The molecule has 4 heteroatoms. The average molecular weight is 675 g/mol. The summed E-state index contributed by atoms with van der Waals surface area (Å²) in [4.78, 5) is 0. The van der Waals surface area contributed by atoms with Gasteiger partial charge in [-0.3, -0.25) is 0 Å². The Kier molecular flexibility index (Phi) is 16.1. The molecule has 3 rings (SSSR count). The van der Waals surface area contributed by atoms with Crippen molar-refractivity contribution in [3.05, 3.63) is 94.0 Å². The van der Waals surface area contributed by atoms with Crippen molar-refractivity contribution >= 4 is 40.5 Å². The molecule has 48 heavy (non-hydrogen) atoms. The van der Waals surface area contributed by atoms with Gasteiger partial charge in [0.15, 0.2) is 0 Å². The number of rotatable bonds is 16. The SMILES string of the molecule is CCCCCCOc1ccc(/C=C/c2cc(C#C[Si](C)(C)C)c(/C=C/c3ccc(OCCCCCC)cc3)cc2C#C[Si](C)(C)C)cc1. The van der Waals surface area contributed by atoms with Gasteiger partial charge in [-0.1, -0.05) is 152 Å². The summed E-state index contributed by atoms with van der Waals surface area (Å²) in [7, 11) is -3.18. The van der Waals surface area contributed by atoms with Gasteiger partial charge in [0.05, 0.1) is 13.2 Å². The van der Waals surface area contributed by atoms with Crippen LogP contribution in [0.5, 0.6) is 11.5 Å². The summed E-state index contributed by atoms with van der Waals surface area (Å²) in [6, 6.07) is 21.2. The minimum absolute atomic E-state index is 0.773. The monoisotopic (exact) mass is 674 g/mol. The zero-order valence-corrected chi connectivity index (χ0v) is 33.0. The Hall–Kier alpha value is -3.71. The highest BCUT2D eigenvalue weighted by Crippen LogP contribution is 2.23. The van der Waals surface area contributed by atoms with Crippen LogP contribution >= 0.6 is 0 Å². The second-order valence-corrected chi connectivity index (χ2v) is 24.1. The minimum Gasteiger partial charge on any atom is -0.494 e. The molecule has 3 aromatic rings. The van der Waals surface area contributed by atoms with Gasteiger partial charge in [0.25, 0.3) is 0 Å². The van der Waals surface area contributed by atoms with Crippen molar-refractivity contribution in [1.82, 2.24) is 0 Å². The van der Waals surface area contributed by atoms with Gasteiger partial charge in [-0.05, 0) is 71.5 Å². The van der Waals surface area contributed by atoms with Crippen molar-refractivity contribution in [2.45, 2.75) is 104 Å². The third-order valence-corrected chi connectivity index (χ3v) is 9.32. The molecule has 0 unspecified atom stereocenters. The molecule has 0 aromatic heterocycles. The van der Waals surface area contributed by atoms with Crippen LogP contribution in [0, 0.1) is 22.9 Å². The molecule has 0 radical (unpaired) electrons. The Labute approximate surface area is 295 Å². The van der Waals surface area contributed by atoms with Crippen LogP contribution in [-0.2, 0) is 0 Å². The Bertz CT molecular complexity index is 1470. The first-order valence-corrected chi connectivity index (χ1v) is 25.0. The number of ether oxygens (including phenoxy) is 2. The van der Waals surface area contributed by atoms with Crippen molar-refractivity contribution in [2.24, 2.45) is 0 Å². The maximum Gasteiger partial charge on any atom is 0.129 e. The van der Waals surface area contributed by atoms with E-state index in [0.29, 0.717) is 0 Å². The van der Waals surface area contributed by atoms with Crippen molar-refractivity contribution < 1.29 is 9.47 Å². The van der Waals surface area contributed by atoms with E-state index in [4.69, 9.17) is 9.47 Å². The molecule has 0 aliphatic heterocycles. The van der Waals surface area contributed by atoms with Crippen molar-refractivity contribution in [3.63, 3.8) is 0 Å². The van der Waals surface area contributed by atoms with E-state index >= 15 is 0 Å². The largest absolute Gasteiger partial charge is 0.494 e. The van der Waals surface area contributed by atoms with E-state index in [1.54, 1.807) is 0 Å². The lowest BCUT2D eigenvalue weighted by Gasteiger charge is -2.10. The molecule has 0 aliphatic carbocycles. The van der Waals surface area contributed by atoms with E-state index < -0.39 is 16.1 Å². The summed E-state index contributed by atoms with van der Waals surface area (Å²) in [5.41, 5.74) is 13.7. The molecule has 0 saturated carbocycles. The van der Waals surface area contributed by atoms with Crippen LogP contribution in [0.25, 0.3) is 24.3 Å². The summed E-state index contributed by atoms with van der Waals surface area (Å²) in [6.07, 6.45) is 18.4. The first kappa shape index (κ1) is 38.7. The van der Waals surface area contributed by atoms with Crippen LogP contribution in [0.4, 0.5) is 0 Å². The molecule has 0 aliphatic rings. The minimum atomic E-state index is -1.59. The van der Waals surface area contributed by atoms with Crippen molar-refractivity contribution in [1.29, 1.82) is 0 Å². The fourth-order valence-corrected chi connectivity index (χ4v) is 5.81. The Morgan fingerprint density at radius 2 is 0.875 bits per heavy atom. The fraction of sp³-hybridized carbons (Fsp3) is 0.409. The Balaban J connectivity index is 1.91. The summed E-state index contributed by atoms with van der Waals surface area (Å²) in [5, 5.41) is 0. The molecule has 254 valence electrons. The molecule has 0 atom stereocenters. The van der Waals surface area contributed by atoms with Gasteiger partial charge >= 0.3 is 0 Å². The van der Waals surface area contributed by atoms with Crippen LogP contribution in [0.1, 0.15) is 98.6 Å². The highest BCUT2D eigenvalue weighted by Gasteiger charge is 2.11. The first-order chi connectivity index (χ1) is 23.0. The molecule has 0 saturated heterocycles. The van der Waals surface area contributed by atoms with Crippen LogP contribution in [0.15, 0.2) is 60.7 Å². The lowest BCUT2D eigenvalue weighted by Crippen LogP contribution is -2.16. The number of unbranched alkanes of at least 4 members (excludes halogenated alkanes) is 6. The number of hydrogen-bond donors (Lipinski definition) is 0. The first-order valence-electron chi connectivity index (χ1n) is 18.0. The predicted octanol–water partition coefficient (Wildman–Crippen LogP) is 12.4. The van der Waals surface area contributed by atoms with Crippen LogP contribution in [0.2, 0.25) is 39.3 Å². The van der Waals surface area contributed by atoms with Gasteiger partial charge in [-0.25, -0.2) is 0 Å². The number of benzene rings is 3. The fourth-order valence-electron chi connectivity index (χ4n) is 4.80. The Morgan fingerprint density at radius 3 is 1.21 bits per heavy atom. The Morgan fingerprint density at radius 1 is 0.500 bits per heavy atom. The normalized spacial score (nSPS) is 11.7. The molecule has 0 N–H and O–H groups in total. The molecule has 0 spiro atoms. The highest BCUT2D eigenvalue weighted by atomic mass is 28.3. The lowest BCUT2D eigenvalue weighted by molar-refractivity contribution is 0.305. The average Bonchev–Trinajstić information content (AvgIpc) is 3.05. The second-order valence-electron chi connectivity index (χ2n) is 14.6. The summed E-state index contributed by atoms with van der Waals surface area (Å²) < 4.78 is 11.9. The van der Waals surface area contributed by atoms with Gasteiger partial charge < -0.3 is 9.47 Å². The van der Waals surface area contributed by atoms with Gasteiger partial charge in [0.2, 0.25) is 0 Å². The quantitative estimate of drug-likeness (QED) is 0.0651. The smallest absolute Gasteiger partial charge is 0.129 e. The van der Waals surface area contributed by atoms with E-state index in [0.717, 1.165) is 70.9 Å². The van der Waals surface area contributed by atoms with Crippen LogP contribution < -0.4 is 9.47 Å². The molecule has 0 amide bonds. The maximum atomic E-state index is 5.96. The van der Waals surface area contributed by atoms with Gasteiger partial charge in [-0.2, -0.15) is 0 Å². The topological polar surface area (TPSA) is 18.5 Å². The van der Waals surface area contributed by atoms with Gasteiger partial charge in [0.1, 0.15) is 27.6 Å². The zero-order chi connectivity index (χ0) is 34.8.